The molecule has 0 radical (unpaired) electrons. The van der Waals surface area contributed by atoms with Gasteiger partial charge in [0.1, 0.15) is 0 Å². The lowest BCUT2D eigenvalue weighted by Gasteiger charge is -2.04. The minimum atomic E-state index is -0.501. The molecule has 0 amide bonds. The summed E-state index contributed by atoms with van der Waals surface area (Å²) in [5.74, 6) is -0.881. The van der Waals surface area contributed by atoms with E-state index in [1.54, 1.807) is 0 Å². The third kappa shape index (κ3) is 25.1. The van der Waals surface area contributed by atoms with E-state index >= 15 is 0 Å². The monoisotopic (exact) mass is 410 g/mol. The first kappa shape index (κ1) is 28.1. The normalized spacial score (nSPS) is 11.0. The van der Waals surface area contributed by atoms with Crippen LogP contribution in [-0.2, 0) is 14.3 Å². The van der Waals surface area contributed by atoms with Crippen LogP contribution in [0.25, 0.3) is 0 Å². The molecular weight excluding hydrogens is 360 g/mol. The van der Waals surface area contributed by atoms with Gasteiger partial charge in [0.25, 0.3) is 0 Å². The zero-order valence-electron chi connectivity index (χ0n) is 19.8. The van der Waals surface area contributed by atoms with Gasteiger partial charge in [-0.2, -0.15) is 0 Å². The number of carbonyl (C=O) groups is 2. The summed E-state index contributed by atoms with van der Waals surface area (Å²) in [5.41, 5.74) is 0. The summed E-state index contributed by atoms with van der Waals surface area (Å²) < 4.78 is 4.52. The maximum Gasteiger partial charge on any atom is 0.313 e. The largest absolute Gasteiger partial charge is 0.393 e. The molecule has 0 aromatic carbocycles. The van der Waals surface area contributed by atoms with Crippen molar-refractivity contribution in [2.24, 2.45) is 0 Å². The van der Waals surface area contributed by atoms with E-state index in [4.69, 9.17) is 0 Å². The summed E-state index contributed by atoms with van der Waals surface area (Å²) in [5, 5.41) is 0. The minimum Gasteiger partial charge on any atom is -0.393 e. The minimum absolute atomic E-state index is 0.374. The highest BCUT2D eigenvalue weighted by Gasteiger charge is 2.04. The highest BCUT2D eigenvalue weighted by Crippen LogP contribution is 2.15. The molecule has 0 aliphatic rings. The molecule has 0 atom stereocenters. The Morgan fingerprint density at radius 1 is 0.483 bits per heavy atom. The predicted molar refractivity (Wildman–Crippen MR) is 124 cm³/mol. The molecule has 29 heavy (non-hydrogen) atoms. The second-order valence-corrected chi connectivity index (χ2v) is 8.79. The molecule has 0 unspecified atom stereocenters. The van der Waals surface area contributed by atoms with Crippen LogP contribution in [0.3, 0.4) is 0 Å². The van der Waals surface area contributed by atoms with Gasteiger partial charge >= 0.3 is 11.9 Å². The van der Waals surface area contributed by atoms with Crippen molar-refractivity contribution in [2.45, 2.75) is 155 Å². The second-order valence-electron chi connectivity index (χ2n) is 8.79. The standard InChI is InChI=1S/C26H50O3/c1-3-4-5-6-7-8-9-10-11-12-13-14-15-16-17-18-19-20-21-22-23-24-26(28)29-25(2)27/h3-24H2,1-2H3. The van der Waals surface area contributed by atoms with E-state index in [1.165, 1.54) is 129 Å². The molecule has 0 rings (SSSR count). The quantitative estimate of drug-likeness (QED) is 0.102. The molecule has 0 aliphatic carbocycles. The zero-order valence-corrected chi connectivity index (χ0v) is 19.8. The molecule has 0 aliphatic heterocycles. The summed E-state index contributed by atoms with van der Waals surface area (Å²) in [7, 11) is 0. The Balaban J connectivity index is 3.07. The Kier molecular flexibility index (Phi) is 22.7. The fraction of sp³-hybridized carbons (Fsp3) is 0.923. The van der Waals surface area contributed by atoms with E-state index in [9.17, 15) is 9.59 Å². The number of hydrogen-bond donors (Lipinski definition) is 0. The van der Waals surface area contributed by atoms with Crippen LogP contribution in [0.2, 0.25) is 0 Å². The van der Waals surface area contributed by atoms with Crippen molar-refractivity contribution in [1.29, 1.82) is 0 Å². The third-order valence-corrected chi connectivity index (χ3v) is 5.74. The number of rotatable bonds is 22. The summed E-state index contributed by atoms with van der Waals surface area (Å²) in [6.45, 7) is 3.56. The fourth-order valence-corrected chi connectivity index (χ4v) is 3.91. The first-order valence-electron chi connectivity index (χ1n) is 12.9. The first-order valence-corrected chi connectivity index (χ1v) is 12.9. The third-order valence-electron chi connectivity index (χ3n) is 5.74. The van der Waals surface area contributed by atoms with E-state index in [1.807, 2.05) is 0 Å². The number of unbranched alkanes of at least 4 members (excludes halogenated alkanes) is 20. The van der Waals surface area contributed by atoms with Gasteiger partial charge in [0.2, 0.25) is 0 Å². The molecule has 0 saturated heterocycles. The summed E-state index contributed by atoms with van der Waals surface area (Å²) in [4.78, 5) is 21.8. The number of esters is 2. The van der Waals surface area contributed by atoms with Gasteiger partial charge in [0.05, 0.1) is 0 Å². The molecule has 3 heteroatoms. The molecule has 172 valence electrons. The highest BCUT2D eigenvalue weighted by atomic mass is 16.6. The van der Waals surface area contributed by atoms with Crippen molar-refractivity contribution in [3.63, 3.8) is 0 Å². The van der Waals surface area contributed by atoms with Crippen LogP contribution in [0.5, 0.6) is 0 Å². The Bertz CT molecular complexity index is 365. The van der Waals surface area contributed by atoms with Crippen LogP contribution < -0.4 is 0 Å². The molecule has 0 N–H and O–H groups in total. The maximum atomic E-state index is 11.2. The van der Waals surface area contributed by atoms with Crippen molar-refractivity contribution in [3.05, 3.63) is 0 Å². The lowest BCUT2D eigenvalue weighted by Crippen LogP contribution is -2.08. The summed E-state index contributed by atoms with van der Waals surface area (Å²) in [6, 6.07) is 0. The van der Waals surface area contributed by atoms with E-state index in [-0.39, 0.29) is 5.97 Å². The summed E-state index contributed by atoms with van der Waals surface area (Å²) >= 11 is 0. The van der Waals surface area contributed by atoms with Gasteiger partial charge in [-0.05, 0) is 6.42 Å². The first-order chi connectivity index (χ1) is 14.2. The second kappa shape index (κ2) is 23.4. The van der Waals surface area contributed by atoms with E-state index in [0.717, 1.165) is 12.8 Å². The van der Waals surface area contributed by atoms with Gasteiger partial charge in [-0.3, -0.25) is 9.59 Å². The molecule has 0 spiro atoms. The Hall–Kier alpha value is -0.860. The van der Waals surface area contributed by atoms with Crippen LogP contribution in [0, 0.1) is 0 Å². The molecule has 0 heterocycles. The van der Waals surface area contributed by atoms with Crippen molar-refractivity contribution < 1.29 is 14.3 Å². The van der Waals surface area contributed by atoms with Crippen LogP contribution in [0.15, 0.2) is 0 Å². The molecule has 0 fully saturated rings. The van der Waals surface area contributed by atoms with Gasteiger partial charge in [-0.25, -0.2) is 0 Å². The van der Waals surface area contributed by atoms with E-state index < -0.39 is 5.97 Å². The van der Waals surface area contributed by atoms with Crippen LogP contribution >= 0.6 is 0 Å². The van der Waals surface area contributed by atoms with E-state index in [2.05, 4.69) is 11.7 Å². The number of carbonyl (C=O) groups excluding carboxylic acids is 2. The summed E-state index contributed by atoms with van der Waals surface area (Å²) in [6.07, 6.45) is 28.8. The SMILES string of the molecule is CCCCCCCCCCCCCCCCCCCCCCCC(=O)OC(C)=O. The van der Waals surface area contributed by atoms with Gasteiger partial charge in [0.15, 0.2) is 0 Å². The lowest BCUT2D eigenvalue weighted by atomic mass is 10.0. The van der Waals surface area contributed by atoms with Gasteiger partial charge in [-0.1, -0.05) is 135 Å². The van der Waals surface area contributed by atoms with Crippen LogP contribution in [0.1, 0.15) is 155 Å². The van der Waals surface area contributed by atoms with Gasteiger partial charge in [-0.15, -0.1) is 0 Å². The van der Waals surface area contributed by atoms with Crippen molar-refractivity contribution >= 4 is 11.9 Å². The zero-order chi connectivity index (χ0) is 21.4. The van der Waals surface area contributed by atoms with Gasteiger partial charge in [0, 0.05) is 13.3 Å². The van der Waals surface area contributed by atoms with E-state index in [0.29, 0.717) is 6.42 Å². The topological polar surface area (TPSA) is 43.4 Å². The molecule has 0 aromatic rings. The van der Waals surface area contributed by atoms with Crippen molar-refractivity contribution in [1.82, 2.24) is 0 Å². The van der Waals surface area contributed by atoms with Crippen LogP contribution in [-0.4, -0.2) is 11.9 Å². The molecule has 0 aromatic heterocycles. The maximum absolute atomic E-state index is 11.2. The average molecular weight is 411 g/mol. The lowest BCUT2D eigenvalue weighted by molar-refractivity contribution is -0.158. The Morgan fingerprint density at radius 3 is 1.03 bits per heavy atom. The number of ether oxygens (including phenoxy) is 1. The smallest absolute Gasteiger partial charge is 0.313 e. The number of hydrogen-bond acceptors (Lipinski definition) is 3. The molecule has 0 bridgehead atoms. The predicted octanol–water partition coefficient (Wildman–Crippen LogP) is 8.68. The van der Waals surface area contributed by atoms with Crippen molar-refractivity contribution in [2.75, 3.05) is 0 Å². The average Bonchev–Trinajstić information content (AvgIpc) is 2.68. The van der Waals surface area contributed by atoms with Crippen molar-refractivity contribution in [3.8, 4) is 0 Å². The molecule has 3 nitrogen and oxygen atoms in total. The van der Waals surface area contributed by atoms with Crippen LogP contribution in [0.4, 0.5) is 0 Å². The highest BCUT2D eigenvalue weighted by molar-refractivity contribution is 5.83. The molecule has 0 saturated carbocycles. The Labute approximate surface area is 181 Å². The van der Waals surface area contributed by atoms with Gasteiger partial charge < -0.3 is 4.74 Å². The fourth-order valence-electron chi connectivity index (χ4n) is 3.91. The Morgan fingerprint density at radius 2 is 0.759 bits per heavy atom. The molecular formula is C26H50O3.